The average Bonchev–Trinajstić information content (AvgIpc) is 3.38. The Balaban J connectivity index is 1.16. The van der Waals surface area contributed by atoms with E-state index < -0.39 is 18.1 Å². The Labute approximate surface area is 277 Å². The topological polar surface area (TPSA) is 111 Å². The number of carboxylic acid groups (broad SMARTS) is 1. The van der Waals surface area contributed by atoms with Gasteiger partial charge in [-0.1, -0.05) is 48.5 Å². The van der Waals surface area contributed by atoms with Gasteiger partial charge < -0.3 is 25.0 Å². The number of benzene rings is 2. The number of unbranched alkanes of at least 4 members (excludes halogenated alkanes) is 1. The van der Waals surface area contributed by atoms with Crippen LogP contribution in [0, 0.1) is 0 Å². The molecule has 4 aromatic rings. The fourth-order valence-corrected chi connectivity index (χ4v) is 6.06. The van der Waals surface area contributed by atoms with Gasteiger partial charge in [0.1, 0.15) is 12.6 Å². The zero-order chi connectivity index (χ0) is 33.3. The summed E-state index contributed by atoms with van der Waals surface area (Å²) in [5.74, 6) is -1.17. The van der Waals surface area contributed by atoms with Crippen molar-refractivity contribution in [2.24, 2.45) is 0 Å². The van der Waals surface area contributed by atoms with E-state index in [1.807, 2.05) is 86.8 Å². The number of nitrogens with zero attached hydrogens (tertiary/aromatic N) is 5. The molecule has 2 heterocycles. The summed E-state index contributed by atoms with van der Waals surface area (Å²) in [4.78, 5) is 40.5. The van der Waals surface area contributed by atoms with Gasteiger partial charge in [-0.15, -0.1) is 0 Å². The number of carboxylic acids is 1. The summed E-state index contributed by atoms with van der Waals surface area (Å²) in [6, 6.07) is 23.3. The first-order valence-corrected chi connectivity index (χ1v) is 16.0. The number of aromatic nitrogens is 2. The molecule has 0 saturated carbocycles. The average molecular weight is 637 g/mol. The van der Waals surface area contributed by atoms with E-state index in [9.17, 15) is 14.7 Å². The third kappa shape index (κ3) is 8.65. The van der Waals surface area contributed by atoms with E-state index >= 15 is 0 Å². The summed E-state index contributed by atoms with van der Waals surface area (Å²) in [7, 11) is 8.01. The molecule has 1 unspecified atom stereocenters. The molecule has 0 spiro atoms. The molecule has 2 aromatic heterocycles. The number of alkyl carbamates (subject to hydrolysis) is 1. The first kappa shape index (κ1) is 33.4. The molecule has 1 amide bonds. The number of hydrogen-bond acceptors (Lipinski definition) is 8. The van der Waals surface area contributed by atoms with Gasteiger partial charge in [0.2, 0.25) is 0 Å². The number of rotatable bonds is 15. The molecule has 0 bridgehead atoms. The number of aliphatic carboxylic acids is 1. The van der Waals surface area contributed by atoms with Gasteiger partial charge in [0.05, 0.1) is 11.4 Å². The van der Waals surface area contributed by atoms with Crippen molar-refractivity contribution in [2.75, 3.05) is 51.1 Å². The van der Waals surface area contributed by atoms with E-state index in [0.29, 0.717) is 26.1 Å². The minimum atomic E-state index is -1.08. The molecule has 0 saturated heterocycles. The molecule has 0 aliphatic heterocycles. The van der Waals surface area contributed by atoms with Crippen molar-refractivity contribution in [1.29, 1.82) is 0 Å². The van der Waals surface area contributed by atoms with Gasteiger partial charge in [-0.25, -0.2) is 9.59 Å². The molecule has 2 N–H and O–H groups in total. The zero-order valence-electron chi connectivity index (χ0n) is 27.6. The Kier molecular flexibility index (Phi) is 11.1. The zero-order valence-corrected chi connectivity index (χ0v) is 27.6. The molecule has 246 valence electrons. The van der Waals surface area contributed by atoms with E-state index in [1.54, 1.807) is 0 Å². The Morgan fingerprint density at radius 3 is 1.85 bits per heavy atom. The number of fused-ring (bicyclic) bond motifs is 3. The lowest BCUT2D eigenvalue weighted by molar-refractivity contribution is -0.139. The number of hydrogen-bond donors (Lipinski definition) is 2. The molecule has 2 aromatic carbocycles. The van der Waals surface area contributed by atoms with Crippen LogP contribution in [-0.4, -0.2) is 79.4 Å². The van der Waals surface area contributed by atoms with E-state index in [-0.39, 0.29) is 18.9 Å². The molecular formula is C37H44N6O4. The minimum absolute atomic E-state index is 0.0942. The monoisotopic (exact) mass is 636 g/mol. The van der Waals surface area contributed by atoms with Gasteiger partial charge in [-0.05, 0) is 72.3 Å². The SMILES string of the molecule is CN(C)c1ccnc(CN(CCCCC(NC(=O)OCC2c3ccccc3-c3ccccc32)C(=O)O)Cc2cc(N(C)C)ccn2)c1. The Morgan fingerprint density at radius 2 is 1.34 bits per heavy atom. The van der Waals surface area contributed by atoms with Crippen LogP contribution >= 0.6 is 0 Å². The molecule has 0 fully saturated rings. The minimum Gasteiger partial charge on any atom is -0.480 e. The smallest absolute Gasteiger partial charge is 0.407 e. The quantitative estimate of drug-likeness (QED) is 0.157. The lowest BCUT2D eigenvalue weighted by Gasteiger charge is -2.23. The van der Waals surface area contributed by atoms with Crippen LogP contribution in [0.15, 0.2) is 85.2 Å². The molecule has 1 atom stereocenters. The molecule has 10 heteroatoms. The fourth-order valence-electron chi connectivity index (χ4n) is 6.06. The standard InChI is InChI=1S/C37H44N6O4/c1-41(2)28-16-18-38-26(21-28)23-43(24-27-22-29(42(3)4)17-19-39-27)20-10-9-15-35(36(44)45)40-37(46)47-25-34-32-13-7-5-11-30(32)31-12-6-8-14-33(31)34/h5-8,11-14,16-19,21-22,34-35H,9-10,15,20,23-25H2,1-4H3,(H,40,46)(H,44,45). The van der Waals surface area contributed by atoms with Gasteiger partial charge in [0, 0.05) is 71.0 Å². The molecule has 0 radical (unpaired) electrons. The van der Waals surface area contributed by atoms with Crippen LogP contribution in [0.25, 0.3) is 11.1 Å². The van der Waals surface area contributed by atoms with Crippen LogP contribution in [0.4, 0.5) is 16.2 Å². The summed E-state index contributed by atoms with van der Waals surface area (Å²) >= 11 is 0. The normalized spacial score (nSPS) is 12.7. The highest BCUT2D eigenvalue weighted by Gasteiger charge is 2.29. The van der Waals surface area contributed by atoms with E-state index in [2.05, 4.69) is 56.6 Å². The molecule has 47 heavy (non-hydrogen) atoms. The van der Waals surface area contributed by atoms with E-state index in [0.717, 1.165) is 51.4 Å². The van der Waals surface area contributed by atoms with Gasteiger partial charge >= 0.3 is 12.1 Å². The molecule has 10 nitrogen and oxygen atoms in total. The third-order valence-corrected chi connectivity index (χ3v) is 8.56. The summed E-state index contributed by atoms with van der Waals surface area (Å²) in [5, 5.41) is 12.5. The van der Waals surface area contributed by atoms with Crippen LogP contribution in [0.1, 0.15) is 47.7 Å². The van der Waals surface area contributed by atoms with Crippen LogP contribution in [0.3, 0.4) is 0 Å². The molecule has 1 aliphatic carbocycles. The second kappa shape index (κ2) is 15.6. The van der Waals surface area contributed by atoms with Gasteiger partial charge in [-0.2, -0.15) is 0 Å². The first-order valence-electron chi connectivity index (χ1n) is 16.0. The number of pyridine rings is 2. The lowest BCUT2D eigenvalue weighted by Crippen LogP contribution is -2.41. The van der Waals surface area contributed by atoms with Crippen molar-refractivity contribution >= 4 is 23.4 Å². The van der Waals surface area contributed by atoms with Crippen LogP contribution in [0.5, 0.6) is 0 Å². The number of nitrogens with one attached hydrogen (secondary N) is 1. The van der Waals surface area contributed by atoms with Gasteiger partial charge in [0.25, 0.3) is 0 Å². The van der Waals surface area contributed by atoms with Crippen molar-refractivity contribution in [3.05, 3.63) is 108 Å². The highest BCUT2D eigenvalue weighted by Crippen LogP contribution is 2.44. The molecule has 5 rings (SSSR count). The van der Waals surface area contributed by atoms with Crippen molar-refractivity contribution in [3.8, 4) is 11.1 Å². The summed E-state index contributed by atoms with van der Waals surface area (Å²) in [5.41, 5.74) is 8.52. The summed E-state index contributed by atoms with van der Waals surface area (Å²) in [6.45, 7) is 2.08. The predicted octanol–water partition coefficient (Wildman–Crippen LogP) is 5.77. The number of amides is 1. The molecular weight excluding hydrogens is 592 g/mol. The van der Waals surface area contributed by atoms with Crippen molar-refractivity contribution in [3.63, 3.8) is 0 Å². The number of carbonyl (C=O) groups is 2. The summed E-state index contributed by atoms with van der Waals surface area (Å²) in [6.07, 6.45) is 4.54. The van der Waals surface area contributed by atoms with Crippen molar-refractivity contribution in [2.45, 2.75) is 44.3 Å². The van der Waals surface area contributed by atoms with Gasteiger partial charge in [-0.3, -0.25) is 14.9 Å². The number of anilines is 2. The highest BCUT2D eigenvalue weighted by atomic mass is 16.5. The Morgan fingerprint density at radius 1 is 0.809 bits per heavy atom. The van der Waals surface area contributed by atoms with E-state index in [4.69, 9.17) is 4.74 Å². The van der Waals surface area contributed by atoms with Crippen LogP contribution < -0.4 is 15.1 Å². The summed E-state index contributed by atoms with van der Waals surface area (Å²) < 4.78 is 5.61. The van der Waals surface area contributed by atoms with Crippen LogP contribution in [0.2, 0.25) is 0 Å². The fraction of sp³-hybridized carbons (Fsp3) is 0.351. The maximum absolute atomic E-state index is 12.8. The van der Waals surface area contributed by atoms with E-state index in [1.165, 1.54) is 0 Å². The Bertz CT molecular complexity index is 1580. The van der Waals surface area contributed by atoms with Crippen molar-refractivity contribution < 1.29 is 19.4 Å². The first-order chi connectivity index (χ1) is 22.7. The van der Waals surface area contributed by atoms with Gasteiger partial charge in [0.15, 0.2) is 0 Å². The maximum atomic E-state index is 12.8. The second-order valence-corrected chi connectivity index (χ2v) is 12.4. The third-order valence-electron chi connectivity index (χ3n) is 8.56. The highest BCUT2D eigenvalue weighted by molar-refractivity contribution is 5.81. The number of ether oxygens (including phenoxy) is 1. The van der Waals surface area contributed by atoms with Crippen molar-refractivity contribution in [1.82, 2.24) is 20.2 Å². The maximum Gasteiger partial charge on any atom is 0.407 e. The predicted molar refractivity (Wildman–Crippen MR) is 185 cm³/mol. The lowest BCUT2D eigenvalue weighted by atomic mass is 9.98. The number of carbonyl (C=O) groups excluding carboxylic acids is 1. The van der Waals surface area contributed by atoms with Crippen LogP contribution in [-0.2, 0) is 22.6 Å². The Hall–Kier alpha value is -4.96. The second-order valence-electron chi connectivity index (χ2n) is 12.4. The molecule has 1 aliphatic rings. The largest absolute Gasteiger partial charge is 0.480 e.